The number of hydrogen-bond donors (Lipinski definition) is 0. The summed E-state index contributed by atoms with van der Waals surface area (Å²) in [7, 11) is -5.18. The Morgan fingerprint density at radius 2 is 1.77 bits per heavy atom. The van der Waals surface area contributed by atoms with E-state index in [2.05, 4.69) is 8.57 Å². The lowest BCUT2D eigenvalue weighted by Gasteiger charge is -1.98. The molecular formula is C4H3F3O5S. The first-order valence-corrected chi connectivity index (χ1v) is 3.94. The molecule has 0 aromatic carbocycles. The highest BCUT2D eigenvalue weighted by Crippen LogP contribution is 2.10. The van der Waals surface area contributed by atoms with Crippen molar-refractivity contribution in [1.29, 1.82) is 0 Å². The Morgan fingerprint density at radius 3 is 2.08 bits per heavy atom. The third kappa shape index (κ3) is 3.90. The van der Waals surface area contributed by atoms with Crippen LogP contribution in [0, 0.1) is 0 Å². The lowest BCUT2D eigenvalue weighted by molar-refractivity contribution is -0.132. The molecule has 0 saturated heterocycles. The van der Waals surface area contributed by atoms with Gasteiger partial charge in [0.25, 0.3) is 6.08 Å². The number of carbonyl (C=O) groups is 1. The molecule has 9 heteroatoms. The van der Waals surface area contributed by atoms with Crippen LogP contribution in [0.2, 0.25) is 0 Å². The predicted molar refractivity (Wildman–Crippen MR) is 32.1 cm³/mol. The second-order valence-corrected chi connectivity index (χ2v) is 2.84. The summed E-state index contributed by atoms with van der Waals surface area (Å²) >= 11 is 0. The van der Waals surface area contributed by atoms with Crippen molar-refractivity contribution in [3.63, 3.8) is 0 Å². The van der Waals surface area contributed by atoms with Gasteiger partial charge in [0.05, 0.1) is 0 Å². The van der Waals surface area contributed by atoms with Gasteiger partial charge in [-0.05, 0) is 15.8 Å². The first kappa shape index (κ1) is 11.9. The fraction of sp³-hybridized carbons (Fsp3) is 0.250. The highest BCUT2D eigenvalue weighted by molar-refractivity contribution is 7.82. The van der Waals surface area contributed by atoms with Gasteiger partial charge in [-0.2, -0.15) is 17.2 Å². The Kier molecular flexibility index (Phi) is 3.88. The van der Waals surface area contributed by atoms with Gasteiger partial charge in [-0.1, -0.05) is 0 Å². The average molecular weight is 220 g/mol. The summed E-state index contributed by atoms with van der Waals surface area (Å²) in [6, 6.07) is 0. The van der Waals surface area contributed by atoms with Gasteiger partial charge in [0, 0.05) is 0 Å². The molecule has 0 radical (unpaired) electrons. The van der Waals surface area contributed by atoms with Crippen molar-refractivity contribution in [2.24, 2.45) is 0 Å². The standard InChI is InChI=1S/C4H3F3O5S/c1-2(3(5)6)4(8)11-13(9,10)12-7/h1H3. The second-order valence-electron chi connectivity index (χ2n) is 1.73. The molecule has 0 atom stereocenters. The van der Waals surface area contributed by atoms with Gasteiger partial charge < -0.3 is 4.18 Å². The molecule has 0 unspecified atom stereocenters. The third-order valence-electron chi connectivity index (χ3n) is 0.845. The zero-order valence-electron chi connectivity index (χ0n) is 6.08. The van der Waals surface area contributed by atoms with Gasteiger partial charge >= 0.3 is 16.4 Å². The fourth-order valence-corrected chi connectivity index (χ4v) is 0.581. The topological polar surface area (TPSA) is 69.7 Å². The first-order chi connectivity index (χ1) is 5.80. The van der Waals surface area contributed by atoms with Crippen LogP contribution in [-0.2, 0) is 23.8 Å². The van der Waals surface area contributed by atoms with E-state index in [-0.39, 0.29) is 0 Å². The monoisotopic (exact) mass is 220 g/mol. The van der Waals surface area contributed by atoms with Crippen molar-refractivity contribution in [2.45, 2.75) is 6.92 Å². The van der Waals surface area contributed by atoms with Crippen LogP contribution in [0.5, 0.6) is 0 Å². The largest absolute Gasteiger partial charge is 0.483 e. The van der Waals surface area contributed by atoms with Crippen LogP contribution in [0.25, 0.3) is 0 Å². The summed E-state index contributed by atoms with van der Waals surface area (Å²) in [4.78, 5) is 10.4. The number of carbonyl (C=O) groups excluding carboxylic acids is 1. The van der Waals surface area contributed by atoms with Crippen molar-refractivity contribution in [3.8, 4) is 0 Å². The highest BCUT2D eigenvalue weighted by atomic mass is 32.3. The van der Waals surface area contributed by atoms with Crippen LogP contribution in [0.15, 0.2) is 11.7 Å². The van der Waals surface area contributed by atoms with Crippen LogP contribution >= 0.6 is 0 Å². The van der Waals surface area contributed by atoms with Gasteiger partial charge in [-0.25, -0.2) is 4.79 Å². The molecule has 76 valence electrons. The highest BCUT2D eigenvalue weighted by Gasteiger charge is 2.22. The van der Waals surface area contributed by atoms with Crippen LogP contribution in [-0.4, -0.2) is 14.4 Å². The van der Waals surface area contributed by atoms with Crippen molar-refractivity contribution < 1.29 is 35.1 Å². The van der Waals surface area contributed by atoms with Crippen LogP contribution in [0.1, 0.15) is 6.92 Å². The Bertz CT molecular complexity index is 328. The molecule has 0 fully saturated rings. The maximum Gasteiger partial charge on any atom is 0.483 e. The molecule has 0 N–H and O–H groups in total. The van der Waals surface area contributed by atoms with E-state index in [0.717, 1.165) is 0 Å². The van der Waals surface area contributed by atoms with Crippen molar-refractivity contribution in [1.82, 2.24) is 0 Å². The summed E-state index contributed by atoms with van der Waals surface area (Å²) < 4.78 is 59.7. The molecule has 0 spiro atoms. The molecule has 0 saturated carbocycles. The molecule has 13 heavy (non-hydrogen) atoms. The van der Waals surface area contributed by atoms with Gasteiger partial charge in [0.1, 0.15) is 5.57 Å². The molecule has 0 aromatic rings. The van der Waals surface area contributed by atoms with Gasteiger partial charge in [-0.3, -0.25) is 0 Å². The van der Waals surface area contributed by atoms with E-state index in [1.54, 1.807) is 0 Å². The zero-order chi connectivity index (χ0) is 10.6. The maximum absolute atomic E-state index is 11.6. The average Bonchev–Trinajstić information content (AvgIpc) is 2.02. The fourth-order valence-electron chi connectivity index (χ4n) is 0.245. The molecule has 0 aliphatic rings. The Hall–Kier alpha value is -1.09. The molecule has 0 bridgehead atoms. The molecular weight excluding hydrogens is 217 g/mol. The van der Waals surface area contributed by atoms with Crippen LogP contribution < -0.4 is 0 Å². The van der Waals surface area contributed by atoms with Crippen LogP contribution in [0.3, 0.4) is 0 Å². The maximum atomic E-state index is 11.6. The minimum atomic E-state index is -5.18. The molecule has 0 aliphatic heterocycles. The molecule has 0 rings (SSSR count). The minimum absolute atomic E-state index is 0.603. The Balaban J connectivity index is 4.62. The number of rotatable bonds is 3. The van der Waals surface area contributed by atoms with E-state index in [1.807, 2.05) is 0 Å². The smallest absolute Gasteiger partial charge is 0.318 e. The van der Waals surface area contributed by atoms with Gasteiger partial charge in [0.15, 0.2) is 0 Å². The SMILES string of the molecule is CC(C(=O)OS(=O)(=O)OF)=C(F)F. The molecule has 0 amide bonds. The van der Waals surface area contributed by atoms with Crippen molar-refractivity contribution in [2.75, 3.05) is 0 Å². The number of halogens is 3. The molecule has 5 nitrogen and oxygen atoms in total. The molecule has 0 aliphatic carbocycles. The quantitative estimate of drug-likeness (QED) is 0.659. The minimum Gasteiger partial charge on any atom is -0.318 e. The van der Waals surface area contributed by atoms with E-state index in [0.29, 0.717) is 6.92 Å². The van der Waals surface area contributed by atoms with Crippen molar-refractivity contribution >= 4 is 16.4 Å². The summed E-state index contributed by atoms with van der Waals surface area (Å²) in [5.41, 5.74) is -1.25. The molecule has 0 aromatic heterocycles. The summed E-state index contributed by atoms with van der Waals surface area (Å²) in [5.74, 6) is -1.90. The van der Waals surface area contributed by atoms with E-state index in [1.165, 1.54) is 0 Å². The first-order valence-electron chi connectivity index (χ1n) is 2.61. The second kappa shape index (κ2) is 4.23. The van der Waals surface area contributed by atoms with Gasteiger partial charge in [0.2, 0.25) is 0 Å². The van der Waals surface area contributed by atoms with E-state index < -0.39 is 28.0 Å². The normalized spacial score (nSPS) is 10.8. The van der Waals surface area contributed by atoms with E-state index in [4.69, 9.17) is 0 Å². The summed E-state index contributed by atoms with van der Waals surface area (Å²) in [6.07, 6.45) is -2.43. The summed E-state index contributed by atoms with van der Waals surface area (Å²) in [5, 5.41) is 0. The number of hydrogen-bond acceptors (Lipinski definition) is 5. The van der Waals surface area contributed by atoms with Crippen LogP contribution in [0.4, 0.5) is 13.3 Å². The molecule has 0 heterocycles. The summed E-state index contributed by atoms with van der Waals surface area (Å²) in [6.45, 7) is 0.603. The Morgan fingerprint density at radius 1 is 1.31 bits per heavy atom. The lowest BCUT2D eigenvalue weighted by Crippen LogP contribution is -2.14. The lowest BCUT2D eigenvalue weighted by atomic mass is 10.3. The zero-order valence-corrected chi connectivity index (χ0v) is 6.90. The predicted octanol–water partition coefficient (Wildman–Crippen LogP) is 0.846. The van der Waals surface area contributed by atoms with E-state index in [9.17, 15) is 26.5 Å². The van der Waals surface area contributed by atoms with Gasteiger partial charge in [-0.15, -0.1) is 0 Å². The Labute approximate surface area is 71.0 Å². The van der Waals surface area contributed by atoms with E-state index >= 15 is 0 Å². The van der Waals surface area contributed by atoms with Crippen molar-refractivity contribution in [3.05, 3.63) is 11.7 Å². The third-order valence-corrected chi connectivity index (χ3v) is 1.35.